The zero-order valence-corrected chi connectivity index (χ0v) is 18.0. The lowest BCUT2D eigenvalue weighted by molar-refractivity contribution is 0.102. The Labute approximate surface area is 186 Å². The Morgan fingerprint density at radius 2 is 1.81 bits per heavy atom. The van der Waals surface area contributed by atoms with Gasteiger partial charge in [-0.2, -0.15) is 5.10 Å². The van der Waals surface area contributed by atoms with E-state index in [0.29, 0.717) is 25.3 Å². The number of nitrogens with zero attached hydrogens (tertiary/aromatic N) is 3. The van der Waals surface area contributed by atoms with E-state index in [1.54, 1.807) is 6.20 Å². The number of hydrogen-bond acceptors (Lipinski definition) is 4. The lowest BCUT2D eigenvalue weighted by Crippen LogP contribution is -2.16. The normalized spacial score (nSPS) is 12.6. The molecule has 0 bridgehead atoms. The molecular weight excluding hydrogens is 404 g/mol. The molecule has 0 radical (unpaired) electrons. The van der Waals surface area contributed by atoms with Gasteiger partial charge in [-0.3, -0.25) is 9.48 Å². The molecule has 0 saturated carbocycles. The van der Waals surface area contributed by atoms with Gasteiger partial charge in [-0.1, -0.05) is 12.1 Å². The smallest absolute Gasteiger partial charge is 0.257 e. The molecule has 1 N–H and O–H groups in total. The fourth-order valence-electron chi connectivity index (χ4n) is 4.03. The average Bonchev–Trinajstić information content (AvgIpc) is 3.42. The maximum atomic E-state index is 13.0. The number of aryl methyl sites for hydroxylation is 1. The molecule has 1 aliphatic rings. The summed E-state index contributed by atoms with van der Waals surface area (Å²) >= 11 is 0. The molecule has 2 aromatic carbocycles. The van der Waals surface area contributed by atoms with Gasteiger partial charge in [-0.15, -0.1) is 0 Å². The summed E-state index contributed by atoms with van der Waals surface area (Å²) < 4.78 is 15.3. The summed E-state index contributed by atoms with van der Waals surface area (Å²) in [5, 5.41) is 7.23. The van der Waals surface area contributed by atoms with Crippen LogP contribution in [0.4, 0.5) is 5.69 Å². The van der Waals surface area contributed by atoms with Gasteiger partial charge in [0.15, 0.2) is 11.5 Å². The number of aromatic nitrogens is 3. The summed E-state index contributed by atoms with van der Waals surface area (Å²) in [6.07, 6.45) is 3.68. The largest absolute Gasteiger partial charge is 0.486 e. The molecular formula is C25H24N4O3. The highest BCUT2D eigenvalue weighted by Crippen LogP contribution is 2.33. The third-order valence-electron chi connectivity index (χ3n) is 5.58. The number of anilines is 1. The zero-order chi connectivity index (χ0) is 22.1. The summed E-state index contributed by atoms with van der Waals surface area (Å²) in [7, 11) is 0. The van der Waals surface area contributed by atoms with Crippen molar-refractivity contribution in [2.75, 3.05) is 18.5 Å². The number of fused-ring (bicyclic) bond motifs is 1. The minimum atomic E-state index is -0.137. The van der Waals surface area contributed by atoms with Crippen LogP contribution in [0.1, 0.15) is 27.3 Å². The van der Waals surface area contributed by atoms with E-state index in [0.717, 1.165) is 39.8 Å². The molecule has 0 unspecified atom stereocenters. The third kappa shape index (κ3) is 3.85. The second-order valence-electron chi connectivity index (χ2n) is 7.80. The van der Waals surface area contributed by atoms with Crippen LogP contribution in [0.2, 0.25) is 0 Å². The third-order valence-corrected chi connectivity index (χ3v) is 5.58. The van der Waals surface area contributed by atoms with Crippen LogP contribution in [0, 0.1) is 13.8 Å². The number of nitrogens with one attached hydrogen (secondary N) is 1. The van der Waals surface area contributed by atoms with Crippen LogP contribution in [0.5, 0.6) is 11.5 Å². The van der Waals surface area contributed by atoms with Gasteiger partial charge in [0.2, 0.25) is 0 Å². The van der Waals surface area contributed by atoms with Crippen molar-refractivity contribution >= 4 is 11.6 Å². The minimum Gasteiger partial charge on any atom is -0.486 e. The number of ether oxygens (including phenoxy) is 2. The lowest BCUT2D eigenvalue weighted by Gasteiger charge is -2.20. The summed E-state index contributed by atoms with van der Waals surface area (Å²) in [4.78, 5) is 13.0. The van der Waals surface area contributed by atoms with Gasteiger partial charge < -0.3 is 19.4 Å². The molecule has 4 aromatic rings. The van der Waals surface area contributed by atoms with E-state index in [1.807, 2.05) is 79.3 Å². The molecule has 0 spiro atoms. The first-order valence-electron chi connectivity index (χ1n) is 10.6. The maximum absolute atomic E-state index is 13.0. The first-order chi connectivity index (χ1) is 15.6. The molecule has 3 heterocycles. The van der Waals surface area contributed by atoms with Crippen LogP contribution < -0.4 is 14.8 Å². The monoisotopic (exact) mass is 428 g/mol. The zero-order valence-electron chi connectivity index (χ0n) is 18.0. The van der Waals surface area contributed by atoms with Crippen molar-refractivity contribution < 1.29 is 14.3 Å². The summed E-state index contributed by atoms with van der Waals surface area (Å²) in [5.41, 5.74) is 5.28. The Balaban J connectivity index is 1.35. The van der Waals surface area contributed by atoms with Gasteiger partial charge in [-0.05, 0) is 55.8 Å². The van der Waals surface area contributed by atoms with Crippen LogP contribution >= 0.6 is 0 Å². The molecule has 1 amide bonds. The number of carbonyl (C=O) groups excluding carboxylic acids is 1. The molecule has 0 fully saturated rings. The maximum Gasteiger partial charge on any atom is 0.257 e. The Kier molecular flexibility index (Phi) is 5.15. The number of rotatable bonds is 5. The van der Waals surface area contributed by atoms with Crippen LogP contribution in [0.25, 0.3) is 5.69 Å². The fourth-order valence-corrected chi connectivity index (χ4v) is 4.03. The lowest BCUT2D eigenvalue weighted by atomic mass is 10.2. The van der Waals surface area contributed by atoms with Gasteiger partial charge in [-0.25, -0.2) is 0 Å². The molecule has 7 nitrogen and oxygen atoms in total. The molecule has 0 atom stereocenters. The van der Waals surface area contributed by atoms with E-state index < -0.39 is 0 Å². The predicted molar refractivity (Wildman–Crippen MR) is 122 cm³/mol. The topological polar surface area (TPSA) is 70.3 Å². The standard InChI is InChI=1S/C25H24N4O3/c1-17-14-22(18(2)29(17)21-8-9-23-24(15-21)32-13-12-31-23)25(30)27-20-6-4-19(5-7-20)16-28-11-3-10-26-28/h3-11,14-15H,12-13,16H2,1-2H3,(H,27,30). The highest BCUT2D eigenvalue weighted by atomic mass is 16.6. The van der Waals surface area contributed by atoms with Gasteiger partial charge in [0.05, 0.1) is 12.1 Å². The van der Waals surface area contributed by atoms with E-state index >= 15 is 0 Å². The number of amides is 1. The van der Waals surface area contributed by atoms with Crippen molar-refractivity contribution in [1.29, 1.82) is 0 Å². The summed E-state index contributed by atoms with van der Waals surface area (Å²) in [6, 6.07) is 17.5. The number of benzene rings is 2. The van der Waals surface area contributed by atoms with E-state index in [-0.39, 0.29) is 5.91 Å². The quantitative estimate of drug-likeness (QED) is 0.513. The average molecular weight is 428 g/mol. The fraction of sp³-hybridized carbons (Fsp3) is 0.200. The van der Waals surface area contributed by atoms with E-state index in [2.05, 4.69) is 15.0 Å². The molecule has 5 rings (SSSR count). The van der Waals surface area contributed by atoms with E-state index in [4.69, 9.17) is 9.47 Å². The molecule has 2 aromatic heterocycles. The van der Waals surface area contributed by atoms with Gasteiger partial charge in [0.1, 0.15) is 13.2 Å². The Hall–Kier alpha value is -4.00. The second-order valence-corrected chi connectivity index (χ2v) is 7.80. The Morgan fingerprint density at radius 1 is 1.03 bits per heavy atom. The van der Waals surface area contributed by atoms with Gasteiger partial charge in [0, 0.05) is 41.2 Å². The number of hydrogen-bond donors (Lipinski definition) is 1. The minimum absolute atomic E-state index is 0.137. The number of carbonyl (C=O) groups is 1. The highest BCUT2D eigenvalue weighted by Gasteiger charge is 2.19. The SMILES string of the molecule is Cc1cc(C(=O)Nc2ccc(Cn3cccn3)cc2)c(C)n1-c1ccc2c(c1)OCCO2. The predicted octanol–water partition coefficient (Wildman–Crippen LogP) is 4.36. The van der Waals surface area contributed by atoms with Gasteiger partial charge >= 0.3 is 0 Å². The van der Waals surface area contributed by atoms with Crippen molar-refractivity contribution in [2.45, 2.75) is 20.4 Å². The Bertz CT molecular complexity index is 1260. The van der Waals surface area contributed by atoms with Crippen molar-refractivity contribution in [3.8, 4) is 17.2 Å². The first-order valence-corrected chi connectivity index (χ1v) is 10.6. The van der Waals surface area contributed by atoms with Crippen LogP contribution in [0.15, 0.2) is 67.0 Å². The van der Waals surface area contributed by atoms with Crippen LogP contribution in [-0.4, -0.2) is 33.5 Å². The van der Waals surface area contributed by atoms with Crippen molar-refractivity contribution in [3.63, 3.8) is 0 Å². The Morgan fingerprint density at radius 3 is 2.56 bits per heavy atom. The molecule has 1 aliphatic heterocycles. The van der Waals surface area contributed by atoms with Crippen molar-refractivity contribution in [3.05, 3.63) is 89.5 Å². The van der Waals surface area contributed by atoms with Gasteiger partial charge in [0.25, 0.3) is 5.91 Å². The van der Waals surface area contributed by atoms with Crippen LogP contribution in [0.3, 0.4) is 0 Å². The van der Waals surface area contributed by atoms with E-state index in [9.17, 15) is 4.79 Å². The van der Waals surface area contributed by atoms with Crippen molar-refractivity contribution in [2.24, 2.45) is 0 Å². The molecule has 7 heteroatoms. The molecule has 162 valence electrons. The summed E-state index contributed by atoms with van der Waals surface area (Å²) in [6.45, 7) is 5.73. The van der Waals surface area contributed by atoms with E-state index in [1.165, 1.54) is 0 Å². The summed E-state index contributed by atoms with van der Waals surface area (Å²) in [5.74, 6) is 1.33. The van der Waals surface area contributed by atoms with Crippen LogP contribution in [-0.2, 0) is 6.54 Å². The first kappa shape index (κ1) is 19.9. The molecule has 0 aliphatic carbocycles. The highest BCUT2D eigenvalue weighted by molar-refractivity contribution is 6.05. The second kappa shape index (κ2) is 8.26. The molecule has 0 saturated heterocycles. The molecule has 32 heavy (non-hydrogen) atoms. The van der Waals surface area contributed by atoms with Crippen molar-refractivity contribution in [1.82, 2.24) is 14.3 Å².